The van der Waals surface area contributed by atoms with E-state index in [2.05, 4.69) is 20.3 Å². The summed E-state index contributed by atoms with van der Waals surface area (Å²) in [4.78, 5) is 24.8. The van der Waals surface area contributed by atoms with Crippen molar-refractivity contribution in [2.24, 2.45) is 0 Å². The molecule has 0 saturated carbocycles. The van der Waals surface area contributed by atoms with Gasteiger partial charge in [0.15, 0.2) is 5.82 Å². The Morgan fingerprint density at radius 3 is 2.83 bits per heavy atom. The molecule has 0 aliphatic carbocycles. The zero-order chi connectivity index (χ0) is 16.1. The summed E-state index contributed by atoms with van der Waals surface area (Å²) in [6.07, 6.45) is 10.2. The summed E-state index contributed by atoms with van der Waals surface area (Å²) in [7, 11) is 0. The van der Waals surface area contributed by atoms with Crippen LogP contribution < -0.4 is 5.32 Å². The first-order chi connectivity index (χ1) is 11.2. The van der Waals surface area contributed by atoms with Crippen molar-refractivity contribution in [1.82, 2.24) is 24.8 Å². The van der Waals surface area contributed by atoms with Gasteiger partial charge in [0.2, 0.25) is 5.91 Å². The molecule has 1 N–H and O–H groups in total. The second-order valence-electron chi connectivity index (χ2n) is 5.68. The number of aromatic nitrogens is 4. The highest BCUT2D eigenvalue weighted by Crippen LogP contribution is 2.24. The van der Waals surface area contributed by atoms with Crippen LogP contribution in [0, 0.1) is 6.92 Å². The number of nitrogens with zero attached hydrogens (tertiary/aromatic N) is 4. The summed E-state index contributed by atoms with van der Waals surface area (Å²) in [5.41, 5.74) is 0.875. The number of hydrogen-bond acceptors (Lipinski definition) is 5. The van der Waals surface area contributed by atoms with E-state index in [9.17, 15) is 4.79 Å². The van der Waals surface area contributed by atoms with Crippen molar-refractivity contribution in [1.29, 1.82) is 0 Å². The molecule has 23 heavy (non-hydrogen) atoms. The van der Waals surface area contributed by atoms with E-state index in [1.807, 2.05) is 6.92 Å². The minimum absolute atomic E-state index is 0.0107. The predicted octanol–water partition coefficient (Wildman–Crippen LogP) is 1.54. The second kappa shape index (κ2) is 7.32. The molecule has 2 aromatic heterocycles. The van der Waals surface area contributed by atoms with E-state index in [0.29, 0.717) is 6.54 Å². The Kier molecular flexibility index (Phi) is 4.97. The smallest absolute Gasteiger partial charge is 0.240 e. The van der Waals surface area contributed by atoms with E-state index in [4.69, 9.17) is 4.74 Å². The SMILES string of the molecule is Cc1nccn1CC(=O)NCc1cnc([C@@H]2CCCCO2)nc1. The Morgan fingerprint density at radius 2 is 2.17 bits per heavy atom. The molecule has 2 aromatic rings. The van der Waals surface area contributed by atoms with Crippen LogP contribution in [0.4, 0.5) is 0 Å². The number of nitrogens with one attached hydrogen (secondary N) is 1. The molecule has 0 aromatic carbocycles. The van der Waals surface area contributed by atoms with Gasteiger partial charge in [-0.3, -0.25) is 4.79 Å². The van der Waals surface area contributed by atoms with Crippen molar-refractivity contribution in [3.05, 3.63) is 42.0 Å². The lowest BCUT2D eigenvalue weighted by atomic mass is 10.1. The van der Waals surface area contributed by atoms with Crippen LogP contribution >= 0.6 is 0 Å². The van der Waals surface area contributed by atoms with E-state index < -0.39 is 0 Å². The molecule has 7 nitrogen and oxygen atoms in total. The zero-order valence-corrected chi connectivity index (χ0v) is 13.2. The number of carbonyl (C=O) groups is 1. The molecule has 1 aliphatic rings. The van der Waals surface area contributed by atoms with Crippen molar-refractivity contribution in [3.63, 3.8) is 0 Å². The maximum atomic E-state index is 11.9. The van der Waals surface area contributed by atoms with Crippen LogP contribution in [0.1, 0.15) is 42.6 Å². The van der Waals surface area contributed by atoms with Gasteiger partial charge >= 0.3 is 0 Å². The summed E-state index contributed by atoms with van der Waals surface area (Å²) in [6, 6.07) is 0. The molecule has 0 bridgehead atoms. The Labute approximate surface area is 135 Å². The Hall–Kier alpha value is -2.28. The van der Waals surface area contributed by atoms with Gasteiger partial charge in [-0.05, 0) is 26.2 Å². The first kappa shape index (κ1) is 15.6. The number of aryl methyl sites for hydroxylation is 1. The molecule has 1 amide bonds. The van der Waals surface area contributed by atoms with Gasteiger partial charge < -0.3 is 14.6 Å². The molecular weight excluding hydrogens is 294 g/mol. The highest BCUT2D eigenvalue weighted by molar-refractivity contribution is 5.75. The summed E-state index contributed by atoms with van der Waals surface area (Å²) < 4.78 is 7.47. The number of carbonyl (C=O) groups excluding carboxylic acids is 1. The van der Waals surface area contributed by atoms with Gasteiger partial charge in [-0.2, -0.15) is 0 Å². The van der Waals surface area contributed by atoms with Crippen molar-refractivity contribution < 1.29 is 9.53 Å². The summed E-state index contributed by atoms with van der Waals surface area (Å²) in [6.45, 7) is 3.33. The highest BCUT2D eigenvalue weighted by Gasteiger charge is 2.18. The monoisotopic (exact) mass is 315 g/mol. The van der Waals surface area contributed by atoms with Crippen molar-refractivity contribution >= 4 is 5.91 Å². The molecule has 3 rings (SSSR count). The lowest BCUT2D eigenvalue weighted by molar-refractivity contribution is -0.121. The minimum Gasteiger partial charge on any atom is -0.370 e. The highest BCUT2D eigenvalue weighted by atomic mass is 16.5. The molecular formula is C16H21N5O2. The third kappa shape index (κ3) is 4.13. The normalized spacial score (nSPS) is 17.9. The van der Waals surface area contributed by atoms with E-state index in [1.54, 1.807) is 29.4 Å². The zero-order valence-electron chi connectivity index (χ0n) is 13.2. The quantitative estimate of drug-likeness (QED) is 0.905. The topological polar surface area (TPSA) is 81.9 Å². The van der Waals surface area contributed by atoms with Gasteiger partial charge in [0, 0.05) is 43.5 Å². The Balaban J connectivity index is 1.50. The van der Waals surface area contributed by atoms with Crippen molar-refractivity contribution in [2.75, 3.05) is 6.61 Å². The fourth-order valence-corrected chi connectivity index (χ4v) is 2.55. The third-order valence-electron chi connectivity index (χ3n) is 3.92. The Morgan fingerprint density at radius 1 is 1.35 bits per heavy atom. The summed E-state index contributed by atoms with van der Waals surface area (Å²) >= 11 is 0. The number of hydrogen-bond donors (Lipinski definition) is 1. The fraction of sp³-hybridized carbons (Fsp3) is 0.500. The molecule has 1 fully saturated rings. The Bertz CT molecular complexity index is 647. The van der Waals surface area contributed by atoms with E-state index >= 15 is 0 Å². The van der Waals surface area contributed by atoms with Gasteiger partial charge in [0.25, 0.3) is 0 Å². The van der Waals surface area contributed by atoms with Gasteiger partial charge in [-0.15, -0.1) is 0 Å². The van der Waals surface area contributed by atoms with Crippen LogP contribution in [0.2, 0.25) is 0 Å². The summed E-state index contributed by atoms with van der Waals surface area (Å²) in [5.74, 6) is 1.49. The van der Waals surface area contributed by atoms with Crippen LogP contribution in [0.25, 0.3) is 0 Å². The van der Waals surface area contributed by atoms with E-state index in [-0.39, 0.29) is 18.6 Å². The maximum absolute atomic E-state index is 11.9. The van der Waals surface area contributed by atoms with Crippen LogP contribution in [-0.2, 0) is 22.6 Å². The van der Waals surface area contributed by atoms with Gasteiger partial charge in [0.05, 0.1) is 0 Å². The average Bonchev–Trinajstić information content (AvgIpc) is 2.99. The largest absolute Gasteiger partial charge is 0.370 e. The number of imidazole rings is 1. The minimum atomic E-state index is -0.0641. The molecule has 122 valence electrons. The maximum Gasteiger partial charge on any atom is 0.240 e. The van der Waals surface area contributed by atoms with Crippen molar-refractivity contribution in [2.45, 2.75) is 45.4 Å². The average molecular weight is 315 g/mol. The second-order valence-corrected chi connectivity index (χ2v) is 5.68. The standard InChI is InChI=1S/C16H21N5O2/c1-12-17-5-6-21(12)11-15(22)18-8-13-9-19-16(20-10-13)14-4-2-3-7-23-14/h5-6,9-10,14H,2-4,7-8,11H2,1H3,(H,18,22)/t14-/m0/s1. The van der Waals surface area contributed by atoms with E-state index in [0.717, 1.165) is 43.1 Å². The molecule has 1 aliphatic heterocycles. The third-order valence-corrected chi connectivity index (χ3v) is 3.92. The predicted molar refractivity (Wildman–Crippen MR) is 83.4 cm³/mol. The molecule has 0 radical (unpaired) electrons. The molecule has 1 atom stereocenters. The van der Waals surface area contributed by atoms with Crippen molar-refractivity contribution in [3.8, 4) is 0 Å². The molecule has 0 unspecified atom stereocenters. The van der Waals surface area contributed by atoms with Crippen LogP contribution in [0.5, 0.6) is 0 Å². The van der Waals surface area contributed by atoms with Gasteiger partial charge in [-0.1, -0.05) is 0 Å². The van der Waals surface area contributed by atoms with Gasteiger partial charge in [-0.25, -0.2) is 15.0 Å². The first-order valence-corrected chi connectivity index (χ1v) is 7.89. The molecule has 1 saturated heterocycles. The molecule has 7 heteroatoms. The number of rotatable bonds is 5. The first-order valence-electron chi connectivity index (χ1n) is 7.89. The lowest BCUT2D eigenvalue weighted by Crippen LogP contribution is -2.27. The number of amides is 1. The fourth-order valence-electron chi connectivity index (χ4n) is 2.55. The van der Waals surface area contributed by atoms with Crippen LogP contribution in [0.3, 0.4) is 0 Å². The van der Waals surface area contributed by atoms with Gasteiger partial charge in [0.1, 0.15) is 18.5 Å². The van der Waals surface area contributed by atoms with E-state index in [1.165, 1.54) is 0 Å². The summed E-state index contributed by atoms with van der Waals surface area (Å²) in [5, 5.41) is 2.86. The lowest BCUT2D eigenvalue weighted by Gasteiger charge is -2.21. The molecule has 0 spiro atoms. The van der Waals surface area contributed by atoms with Crippen LogP contribution in [-0.4, -0.2) is 32.0 Å². The molecule has 3 heterocycles. The van der Waals surface area contributed by atoms with Crippen LogP contribution in [0.15, 0.2) is 24.8 Å². The number of ether oxygens (including phenoxy) is 1.